The van der Waals surface area contributed by atoms with Crippen molar-refractivity contribution in [2.24, 2.45) is 0 Å². The van der Waals surface area contributed by atoms with Crippen molar-refractivity contribution in [2.75, 3.05) is 25.0 Å². The van der Waals surface area contributed by atoms with Crippen LogP contribution in [0.15, 0.2) is 18.3 Å². The van der Waals surface area contributed by atoms with E-state index in [4.69, 9.17) is 0 Å². The number of piperidine rings is 1. The number of aromatic amines is 1. The van der Waals surface area contributed by atoms with Crippen molar-refractivity contribution in [1.29, 1.82) is 0 Å². The molecule has 2 aromatic heterocycles. The Labute approximate surface area is 100 Å². The van der Waals surface area contributed by atoms with E-state index < -0.39 is 0 Å². The van der Waals surface area contributed by atoms with Crippen molar-refractivity contribution in [1.82, 2.24) is 20.3 Å². The molecule has 2 N–H and O–H groups in total. The molecular weight excluding hydrogens is 214 g/mol. The fourth-order valence-corrected chi connectivity index (χ4v) is 2.36. The minimum absolute atomic E-state index is 0.647. The van der Waals surface area contributed by atoms with Crippen LogP contribution in [-0.2, 0) is 0 Å². The number of aromatic nitrogens is 3. The van der Waals surface area contributed by atoms with Gasteiger partial charge in [-0.3, -0.25) is 0 Å². The van der Waals surface area contributed by atoms with Gasteiger partial charge in [-0.05, 0) is 32.0 Å². The molecule has 0 radical (unpaired) electrons. The molecular formula is C12H17N5. The Morgan fingerprint density at radius 3 is 2.94 bits per heavy atom. The summed E-state index contributed by atoms with van der Waals surface area (Å²) in [5.41, 5.74) is 1.82. The zero-order valence-electron chi connectivity index (χ0n) is 9.98. The molecule has 0 atom stereocenters. The van der Waals surface area contributed by atoms with Crippen LogP contribution in [0.25, 0.3) is 11.2 Å². The van der Waals surface area contributed by atoms with Crippen LogP contribution < -0.4 is 10.2 Å². The number of anilines is 1. The summed E-state index contributed by atoms with van der Waals surface area (Å²) in [6.07, 6.45) is 4.11. The summed E-state index contributed by atoms with van der Waals surface area (Å²) in [5.74, 6) is 0.952. The molecule has 1 saturated heterocycles. The van der Waals surface area contributed by atoms with E-state index in [0.717, 1.165) is 30.2 Å². The van der Waals surface area contributed by atoms with Gasteiger partial charge in [0.05, 0.1) is 5.52 Å². The highest BCUT2D eigenvalue weighted by molar-refractivity contribution is 5.73. The highest BCUT2D eigenvalue weighted by Gasteiger charge is 2.20. The second-order valence-corrected chi connectivity index (χ2v) is 4.48. The quantitative estimate of drug-likeness (QED) is 0.814. The summed E-state index contributed by atoms with van der Waals surface area (Å²) >= 11 is 0. The minimum Gasteiger partial charge on any atom is -0.342 e. The second kappa shape index (κ2) is 4.33. The highest BCUT2D eigenvalue weighted by Crippen LogP contribution is 2.19. The van der Waals surface area contributed by atoms with E-state index in [1.807, 2.05) is 19.2 Å². The second-order valence-electron chi connectivity index (χ2n) is 4.48. The first-order chi connectivity index (χ1) is 8.36. The van der Waals surface area contributed by atoms with E-state index in [0.29, 0.717) is 6.04 Å². The topological polar surface area (TPSA) is 56.8 Å². The summed E-state index contributed by atoms with van der Waals surface area (Å²) in [6.45, 7) is 2.09. The molecule has 1 aliphatic heterocycles. The van der Waals surface area contributed by atoms with Gasteiger partial charge in [-0.2, -0.15) is 4.98 Å². The van der Waals surface area contributed by atoms with Crippen LogP contribution in [0.4, 0.5) is 5.95 Å². The minimum atomic E-state index is 0.647. The number of imidazole rings is 1. The molecule has 1 aliphatic rings. The third-order valence-corrected chi connectivity index (χ3v) is 3.45. The van der Waals surface area contributed by atoms with Crippen LogP contribution in [0.5, 0.6) is 0 Å². The normalized spacial score (nSPS) is 17.8. The molecule has 5 nitrogen and oxygen atoms in total. The number of hydrogen-bond acceptors (Lipinski definition) is 4. The molecule has 0 bridgehead atoms. The van der Waals surface area contributed by atoms with E-state index >= 15 is 0 Å². The maximum Gasteiger partial charge on any atom is 0.205 e. The van der Waals surface area contributed by atoms with Gasteiger partial charge in [0, 0.05) is 25.3 Å². The smallest absolute Gasteiger partial charge is 0.205 e. The number of nitrogens with one attached hydrogen (secondary N) is 2. The Hall–Kier alpha value is -1.62. The lowest BCUT2D eigenvalue weighted by Gasteiger charge is -2.31. The predicted octanol–water partition coefficient (Wildman–Crippen LogP) is 1.15. The molecule has 0 saturated carbocycles. The molecule has 3 heterocycles. The molecule has 0 amide bonds. The molecule has 2 aromatic rings. The third-order valence-electron chi connectivity index (χ3n) is 3.45. The standard InChI is InChI=1S/C12H17N5/c1-13-9-4-7-17(8-5-9)12-15-10-3-2-6-14-11(10)16-12/h2-3,6,9,13H,4-5,7-8H2,1H3,(H,14,15,16). The predicted molar refractivity (Wildman–Crippen MR) is 68.2 cm³/mol. The molecule has 1 fully saturated rings. The molecule has 3 rings (SSSR count). The van der Waals surface area contributed by atoms with Crippen LogP contribution in [0.2, 0.25) is 0 Å². The third kappa shape index (κ3) is 1.98. The zero-order valence-corrected chi connectivity index (χ0v) is 9.98. The van der Waals surface area contributed by atoms with Gasteiger partial charge in [0.2, 0.25) is 5.95 Å². The molecule has 0 spiro atoms. The van der Waals surface area contributed by atoms with Crippen molar-refractivity contribution in [3.05, 3.63) is 18.3 Å². The summed E-state index contributed by atoms with van der Waals surface area (Å²) in [4.78, 5) is 14.4. The van der Waals surface area contributed by atoms with Gasteiger partial charge in [-0.15, -0.1) is 0 Å². The number of fused-ring (bicyclic) bond motifs is 1. The van der Waals surface area contributed by atoms with Crippen LogP contribution in [0, 0.1) is 0 Å². The largest absolute Gasteiger partial charge is 0.342 e. The lowest BCUT2D eigenvalue weighted by atomic mass is 10.1. The van der Waals surface area contributed by atoms with E-state index in [9.17, 15) is 0 Å². The Morgan fingerprint density at radius 1 is 1.41 bits per heavy atom. The van der Waals surface area contributed by atoms with Gasteiger partial charge in [-0.1, -0.05) is 0 Å². The lowest BCUT2D eigenvalue weighted by Crippen LogP contribution is -2.41. The number of hydrogen-bond donors (Lipinski definition) is 2. The van der Waals surface area contributed by atoms with Crippen molar-refractivity contribution in [3.8, 4) is 0 Å². The van der Waals surface area contributed by atoms with Gasteiger partial charge < -0.3 is 15.2 Å². The number of pyridine rings is 1. The van der Waals surface area contributed by atoms with E-state index in [1.165, 1.54) is 12.8 Å². The zero-order chi connectivity index (χ0) is 11.7. The van der Waals surface area contributed by atoms with E-state index in [1.54, 1.807) is 6.20 Å². The van der Waals surface area contributed by atoms with Gasteiger partial charge in [0.15, 0.2) is 5.65 Å². The Morgan fingerprint density at radius 2 is 2.24 bits per heavy atom. The number of rotatable bonds is 2. The van der Waals surface area contributed by atoms with Gasteiger partial charge in [0.1, 0.15) is 0 Å². The van der Waals surface area contributed by atoms with Crippen LogP contribution in [-0.4, -0.2) is 41.1 Å². The monoisotopic (exact) mass is 231 g/mol. The first kappa shape index (κ1) is 10.5. The summed E-state index contributed by atoms with van der Waals surface area (Å²) < 4.78 is 0. The fourth-order valence-electron chi connectivity index (χ4n) is 2.36. The molecule has 90 valence electrons. The first-order valence-electron chi connectivity index (χ1n) is 6.10. The molecule has 0 aliphatic carbocycles. The highest BCUT2D eigenvalue weighted by atomic mass is 15.3. The van der Waals surface area contributed by atoms with E-state index in [2.05, 4.69) is 25.2 Å². The molecule has 0 aromatic carbocycles. The molecule has 0 unspecified atom stereocenters. The average Bonchev–Trinajstić information content (AvgIpc) is 2.82. The SMILES string of the molecule is CNC1CCN(c2nc3ncccc3[nH]2)CC1. The van der Waals surface area contributed by atoms with E-state index in [-0.39, 0.29) is 0 Å². The number of nitrogens with zero attached hydrogens (tertiary/aromatic N) is 3. The lowest BCUT2D eigenvalue weighted by molar-refractivity contribution is 0.439. The van der Waals surface area contributed by atoms with Crippen LogP contribution in [0.1, 0.15) is 12.8 Å². The van der Waals surface area contributed by atoms with Crippen molar-refractivity contribution in [2.45, 2.75) is 18.9 Å². The Kier molecular flexibility index (Phi) is 2.68. The average molecular weight is 231 g/mol. The maximum absolute atomic E-state index is 4.53. The van der Waals surface area contributed by atoms with Crippen molar-refractivity contribution in [3.63, 3.8) is 0 Å². The van der Waals surface area contributed by atoms with Gasteiger partial charge in [-0.25, -0.2) is 4.98 Å². The number of H-pyrrole nitrogens is 1. The summed E-state index contributed by atoms with van der Waals surface area (Å²) in [6, 6.07) is 4.59. The van der Waals surface area contributed by atoms with Crippen LogP contribution in [0.3, 0.4) is 0 Å². The fraction of sp³-hybridized carbons (Fsp3) is 0.500. The van der Waals surface area contributed by atoms with Gasteiger partial charge >= 0.3 is 0 Å². The van der Waals surface area contributed by atoms with Crippen LogP contribution >= 0.6 is 0 Å². The van der Waals surface area contributed by atoms with Gasteiger partial charge in [0.25, 0.3) is 0 Å². The summed E-state index contributed by atoms with van der Waals surface area (Å²) in [5, 5.41) is 3.33. The first-order valence-corrected chi connectivity index (χ1v) is 6.10. The molecule has 17 heavy (non-hydrogen) atoms. The summed E-state index contributed by atoms with van der Waals surface area (Å²) in [7, 11) is 2.03. The van der Waals surface area contributed by atoms with Crippen molar-refractivity contribution < 1.29 is 0 Å². The maximum atomic E-state index is 4.53. The Bertz CT molecular complexity index is 465. The van der Waals surface area contributed by atoms with Crippen molar-refractivity contribution >= 4 is 17.1 Å². The Balaban J connectivity index is 1.80. The molecule has 5 heteroatoms.